The van der Waals surface area contributed by atoms with Gasteiger partial charge in [-0.3, -0.25) is 0 Å². The SMILES string of the molecule is CCCCCCCC/C=C\CCCCCCCCO[C@@H](CO)CO[Si](C)(C)C(C)(C)C. The summed E-state index contributed by atoms with van der Waals surface area (Å²) < 4.78 is 12.0. The van der Waals surface area contributed by atoms with E-state index >= 15 is 0 Å². The van der Waals surface area contributed by atoms with Gasteiger partial charge < -0.3 is 14.3 Å². The molecule has 0 saturated heterocycles. The van der Waals surface area contributed by atoms with Crippen LogP contribution in [0, 0.1) is 0 Å². The lowest BCUT2D eigenvalue weighted by Crippen LogP contribution is -2.43. The number of rotatable bonds is 21. The van der Waals surface area contributed by atoms with Gasteiger partial charge >= 0.3 is 0 Å². The van der Waals surface area contributed by atoms with Gasteiger partial charge in [0.25, 0.3) is 0 Å². The third kappa shape index (κ3) is 18.0. The van der Waals surface area contributed by atoms with Gasteiger partial charge in [-0.05, 0) is 50.2 Å². The van der Waals surface area contributed by atoms with Crippen molar-refractivity contribution in [3.63, 3.8) is 0 Å². The monoisotopic (exact) mass is 456 g/mol. The molecule has 0 aromatic heterocycles. The number of aliphatic hydroxyl groups is 1. The Kier molecular flexibility index (Phi) is 19.2. The fourth-order valence-corrected chi connectivity index (χ4v) is 4.31. The van der Waals surface area contributed by atoms with Crippen molar-refractivity contribution in [2.24, 2.45) is 0 Å². The van der Waals surface area contributed by atoms with Crippen molar-refractivity contribution in [2.45, 2.75) is 142 Å². The highest BCUT2D eigenvalue weighted by Crippen LogP contribution is 2.36. The van der Waals surface area contributed by atoms with Gasteiger partial charge in [0, 0.05) is 6.61 Å². The summed E-state index contributed by atoms with van der Waals surface area (Å²) in [4.78, 5) is 0. The average Bonchev–Trinajstić information content (AvgIpc) is 2.71. The molecule has 0 aromatic rings. The lowest BCUT2D eigenvalue weighted by Gasteiger charge is -2.37. The summed E-state index contributed by atoms with van der Waals surface area (Å²) in [5.74, 6) is 0. The van der Waals surface area contributed by atoms with E-state index < -0.39 is 8.32 Å². The minimum absolute atomic E-state index is 0.0427. The molecule has 0 aromatic carbocycles. The topological polar surface area (TPSA) is 38.7 Å². The molecule has 31 heavy (non-hydrogen) atoms. The van der Waals surface area contributed by atoms with Gasteiger partial charge in [-0.1, -0.05) is 97.6 Å². The zero-order valence-electron chi connectivity index (χ0n) is 22.0. The number of ether oxygens (including phenoxy) is 1. The first kappa shape index (κ1) is 30.8. The normalized spacial score (nSPS) is 13.9. The van der Waals surface area contributed by atoms with Crippen LogP contribution in [-0.4, -0.2) is 39.3 Å². The molecule has 0 heterocycles. The molecule has 0 spiro atoms. The predicted octanol–water partition coefficient (Wildman–Crippen LogP) is 8.42. The lowest BCUT2D eigenvalue weighted by atomic mass is 10.1. The molecule has 0 fully saturated rings. The molecule has 0 radical (unpaired) electrons. The molecule has 0 amide bonds. The van der Waals surface area contributed by atoms with E-state index in [0.717, 1.165) is 13.0 Å². The highest BCUT2D eigenvalue weighted by molar-refractivity contribution is 6.74. The van der Waals surface area contributed by atoms with Crippen LogP contribution in [0.1, 0.15) is 118 Å². The van der Waals surface area contributed by atoms with Crippen molar-refractivity contribution in [1.82, 2.24) is 0 Å². The Bertz CT molecular complexity index is 415. The Labute approximate surface area is 196 Å². The summed E-state index contributed by atoms with van der Waals surface area (Å²) in [6.45, 7) is 14.8. The molecule has 186 valence electrons. The molecule has 0 rings (SSSR count). The largest absolute Gasteiger partial charge is 0.414 e. The lowest BCUT2D eigenvalue weighted by molar-refractivity contribution is -0.0178. The quantitative estimate of drug-likeness (QED) is 0.107. The van der Waals surface area contributed by atoms with Gasteiger partial charge in [0.15, 0.2) is 8.32 Å². The minimum Gasteiger partial charge on any atom is -0.414 e. The third-order valence-corrected chi connectivity index (χ3v) is 11.2. The molecular weight excluding hydrogens is 400 g/mol. The van der Waals surface area contributed by atoms with E-state index in [9.17, 15) is 5.11 Å². The van der Waals surface area contributed by atoms with Gasteiger partial charge in [-0.25, -0.2) is 0 Å². The zero-order valence-corrected chi connectivity index (χ0v) is 23.0. The first-order valence-corrected chi connectivity index (χ1v) is 16.2. The maximum atomic E-state index is 9.57. The molecule has 0 unspecified atom stereocenters. The van der Waals surface area contributed by atoms with E-state index in [4.69, 9.17) is 9.16 Å². The van der Waals surface area contributed by atoms with Crippen LogP contribution in [0.2, 0.25) is 18.1 Å². The van der Waals surface area contributed by atoms with Crippen molar-refractivity contribution in [3.8, 4) is 0 Å². The summed E-state index contributed by atoms with van der Waals surface area (Å²) in [6.07, 6.45) is 23.0. The summed E-state index contributed by atoms with van der Waals surface area (Å²) in [5.41, 5.74) is 0. The van der Waals surface area contributed by atoms with Crippen LogP contribution in [-0.2, 0) is 9.16 Å². The van der Waals surface area contributed by atoms with Gasteiger partial charge in [0.05, 0.1) is 13.2 Å². The van der Waals surface area contributed by atoms with E-state index in [2.05, 4.69) is 52.9 Å². The van der Waals surface area contributed by atoms with E-state index in [1.165, 1.54) is 83.5 Å². The molecule has 0 aliphatic heterocycles. The average molecular weight is 457 g/mol. The second-order valence-electron chi connectivity index (χ2n) is 10.7. The van der Waals surface area contributed by atoms with Crippen LogP contribution >= 0.6 is 0 Å². The van der Waals surface area contributed by atoms with Crippen molar-refractivity contribution >= 4 is 8.32 Å². The van der Waals surface area contributed by atoms with E-state index in [1.807, 2.05) is 0 Å². The third-order valence-electron chi connectivity index (χ3n) is 6.65. The van der Waals surface area contributed by atoms with Gasteiger partial charge in [0.1, 0.15) is 6.10 Å². The summed E-state index contributed by atoms with van der Waals surface area (Å²) in [6, 6.07) is 0. The van der Waals surface area contributed by atoms with E-state index in [1.54, 1.807) is 0 Å². The Hall–Kier alpha value is -0.163. The van der Waals surface area contributed by atoms with Gasteiger partial charge in [-0.15, -0.1) is 0 Å². The molecule has 0 aliphatic rings. The maximum Gasteiger partial charge on any atom is 0.192 e. The molecule has 1 atom stereocenters. The fraction of sp³-hybridized carbons (Fsp3) is 0.926. The smallest absolute Gasteiger partial charge is 0.192 e. The maximum absolute atomic E-state index is 9.57. The first-order chi connectivity index (χ1) is 14.7. The van der Waals surface area contributed by atoms with Crippen molar-refractivity contribution in [3.05, 3.63) is 12.2 Å². The van der Waals surface area contributed by atoms with Crippen LogP contribution in [0.5, 0.6) is 0 Å². The number of aliphatic hydroxyl groups excluding tert-OH is 1. The highest BCUT2D eigenvalue weighted by Gasteiger charge is 2.37. The summed E-state index contributed by atoms with van der Waals surface area (Å²) in [5, 5.41) is 9.76. The minimum atomic E-state index is -1.77. The number of unbranched alkanes of at least 4 members (excludes halogenated alkanes) is 12. The Morgan fingerprint density at radius 2 is 1.26 bits per heavy atom. The summed E-state index contributed by atoms with van der Waals surface area (Å²) in [7, 11) is -1.77. The molecule has 0 bridgehead atoms. The van der Waals surface area contributed by atoms with Gasteiger partial charge in [0.2, 0.25) is 0 Å². The zero-order chi connectivity index (χ0) is 23.4. The molecule has 1 N–H and O–H groups in total. The Morgan fingerprint density at radius 3 is 1.74 bits per heavy atom. The van der Waals surface area contributed by atoms with Crippen LogP contribution in [0.4, 0.5) is 0 Å². The van der Waals surface area contributed by atoms with Gasteiger partial charge in [-0.2, -0.15) is 0 Å². The standard InChI is InChI=1S/C27H56O3Si/c1-7-8-9-10-11-12-13-14-15-16-17-18-19-20-21-22-23-29-26(24-28)25-30-31(5,6)27(2,3)4/h14-15,26,28H,7-13,16-25H2,1-6H3/b15-14-/t26-/m0/s1. The number of hydrogen-bond acceptors (Lipinski definition) is 3. The number of allylic oxidation sites excluding steroid dienone is 2. The molecule has 0 aliphatic carbocycles. The van der Waals surface area contributed by atoms with Crippen molar-refractivity contribution in [2.75, 3.05) is 19.8 Å². The molecule has 4 heteroatoms. The summed E-state index contributed by atoms with van der Waals surface area (Å²) >= 11 is 0. The Balaban J connectivity index is 3.51. The van der Waals surface area contributed by atoms with E-state index in [0.29, 0.717) is 6.61 Å². The fourth-order valence-electron chi connectivity index (χ4n) is 3.27. The van der Waals surface area contributed by atoms with Crippen LogP contribution < -0.4 is 0 Å². The highest BCUT2D eigenvalue weighted by atomic mass is 28.4. The van der Waals surface area contributed by atoms with Crippen molar-refractivity contribution < 1.29 is 14.3 Å². The second kappa shape index (κ2) is 19.3. The first-order valence-electron chi connectivity index (χ1n) is 13.3. The molecule has 3 nitrogen and oxygen atoms in total. The van der Waals surface area contributed by atoms with E-state index in [-0.39, 0.29) is 17.7 Å². The van der Waals surface area contributed by atoms with Crippen molar-refractivity contribution in [1.29, 1.82) is 0 Å². The number of hydrogen-bond donors (Lipinski definition) is 1. The van der Waals surface area contributed by atoms with Crippen LogP contribution in [0.3, 0.4) is 0 Å². The predicted molar refractivity (Wildman–Crippen MR) is 139 cm³/mol. The van der Waals surface area contributed by atoms with Crippen LogP contribution in [0.25, 0.3) is 0 Å². The van der Waals surface area contributed by atoms with Crippen LogP contribution in [0.15, 0.2) is 12.2 Å². The Morgan fingerprint density at radius 1 is 0.774 bits per heavy atom. The molecular formula is C27H56O3Si. The second-order valence-corrected chi connectivity index (χ2v) is 15.5. The molecule has 0 saturated carbocycles.